The van der Waals surface area contributed by atoms with Crippen LogP contribution >= 0.6 is 0 Å². The Morgan fingerprint density at radius 2 is 2.18 bits per heavy atom. The second-order valence-electron chi connectivity index (χ2n) is 7.14. The fraction of sp³-hybridized carbons (Fsp3) is 0.368. The van der Waals surface area contributed by atoms with E-state index >= 15 is 0 Å². The van der Waals surface area contributed by atoms with E-state index in [4.69, 9.17) is 16.5 Å². The van der Waals surface area contributed by atoms with Gasteiger partial charge in [0.05, 0.1) is 34.7 Å². The van der Waals surface area contributed by atoms with Crippen molar-refractivity contribution in [3.05, 3.63) is 35.3 Å². The second-order valence-corrected chi connectivity index (χ2v) is 7.14. The second kappa shape index (κ2) is 6.98. The van der Waals surface area contributed by atoms with Crippen molar-refractivity contribution in [3.63, 3.8) is 0 Å². The number of nitrogens with zero attached hydrogens (tertiary/aromatic N) is 6. The van der Waals surface area contributed by atoms with Crippen LogP contribution < -0.4 is 21.7 Å². The summed E-state index contributed by atoms with van der Waals surface area (Å²) >= 11 is 0. The Labute approximate surface area is 163 Å². The number of nitrogens with two attached hydrogens (primary N) is 2. The molecule has 3 aromatic rings. The van der Waals surface area contributed by atoms with E-state index in [9.17, 15) is 5.26 Å². The Hall–Kier alpha value is -3.38. The number of anilines is 3. The van der Waals surface area contributed by atoms with Gasteiger partial charge in [-0.2, -0.15) is 10.2 Å². The number of nitrogen functional groups attached to an aromatic ring is 1. The third-order valence-electron chi connectivity index (χ3n) is 5.13. The molecule has 9 heteroatoms. The first-order chi connectivity index (χ1) is 13.5. The van der Waals surface area contributed by atoms with Gasteiger partial charge in [-0.15, -0.1) is 0 Å². The highest BCUT2D eigenvalue weighted by molar-refractivity contribution is 5.81. The molecule has 4 rings (SSSR count). The van der Waals surface area contributed by atoms with Gasteiger partial charge >= 0.3 is 0 Å². The van der Waals surface area contributed by atoms with Crippen molar-refractivity contribution in [1.82, 2.24) is 19.5 Å². The predicted octanol–water partition coefficient (Wildman–Crippen LogP) is 1.28. The molecule has 1 unspecified atom stereocenters. The van der Waals surface area contributed by atoms with Crippen LogP contribution in [0, 0.1) is 18.3 Å². The standard InChI is InChI=1S/C19H23N9/c1-11-13(8-20)18(26-19(22)24-11)23-9-15-17(28-6-3-12(21)10-28)7-16-14(25-15)4-5-27(16)2/h4-5,7,12H,3,6,9-10,21H2,1-2H3,(H3,22,23,24,26). The van der Waals surface area contributed by atoms with E-state index in [2.05, 4.69) is 36.9 Å². The van der Waals surface area contributed by atoms with E-state index in [-0.39, 0.29) is 12.0 Å². The number of hydrogen-bond donors (Lipinski definition) is 3. The Morgan fingerprint density at radius 1 is 1.36 bits per heavy atom. The van der Waals surface area contributed by atoms with Crippen molar-refractivity contribution < 1.29 is 0 Å². The largest absolute Gasteiger partial charge is 0.368 e. The van der Waals surface area contributed by atoms with Crippen LogP contribution in [0.5, 0.6) is 0 Å². The topological polar surface area (TPSA) is 135 Å². The molecule has 28 heavy (non-hydrogen) atoms. The molecular weight excluding hydrogens is 354 g/mol. The van der Waals surface area contributed by atoms with Crippen molar-refractivity contribution in [2.45, 2.75) is 25.9 Å². The van der Waals surface area contributed by atoms with Crippen LogP contribution in [-0.4, -0.2) is 38.7 Å². The number of hydrogen-bond acceptors (Lipinski definition) is 8. The van der Waals surface area contributed by atoms with Crippen molar-refractivity contribution in [2.75, 3.05) is 29.0 Å². The number of nitrogens with one attached hydrogen (secondary N) is 1. The summed E-state index contributed by atoms with van der Waals surface area (Å²) in [7, 11) is 2.01. The summed E-state index contributed by atoms with van der Waals surface area (Å²) in [6, 6.07) is 6.46. The maximum Gasteiger partial charge on any atom is 0.222 e. The molecule has 5 N–H and O–H groups in total. The lowest BCUT2D eigenvalue weighted by atomic mass is 10.2. The number of nitriles is 1. The summed E-state index contributed by atoms with van der Waals surface area (Å²) in [6.07, 6.45) is 2.95. The fourth-order valence-corrected chi connectivity index (χ4v) is 3.65. The highest BCUT2D eigenvalue weighted by atomic mass is 15.2. The number of aromatic nitrogens is 4. The molecule has 0 spiro atoms. The zero-order valence-corrected chi connectivity index (χ0v) is 16.0. The Kier molecular flexibility index (Phi) is 4.49. The zero-order valence-electron chi connectivity index (χ0n) is 16.0. The minimum Gasteiger partial charge on any atom is -0.368 e. The minimum absolute atomic E-state index is 0.135. The molecule has 1 aliphatic heterocycles. The molecule has 0 amide bonds. The van der Waals surface area contributed by atoms with Crippen LogP contribution in [0.25, 0.3) is 11.0 Å². The van der Waals surface area contributed by atoms with Gasteiger partial charge in [0, 0.05) is 32.4 Å². The van der Waals surface area contributed by atoms with Crippen LogP contribution in [0.2, 0.25) is 0 Å². The van der Waals surface area contributed by atoms with E-state index in [0.717, 1.165) is 41.9 Å². The normalized spacial score (nSPS) is 16.5. The molecule has 0 radical (unpaired) electrons. The maximum absolute atomic E-state index is 9.44. The molecule has 0 bridgehead atoms. The van der Waals surface area contributed by atoms with E-state index in [0.29, 0.717) is 23.6 Å². The first-order valence-electron chi connectivity index (χ1n) is 9.20. The molecule has 144 valence electrons. The molecule has 1 saturated heterocycles. The Balaban J connectivity index is 1.71. The van der Waals surface area contributed by atoms with Gasteiger partial charge in [0.15, 0.2) is 0 Å². The first-order valence-corrected chi connectivity index (χ1v) is 9.20. The molecule has 9 nitrogen and oxygen atoms in total. The SMILES string of the molecule is Cc1nc(N)nc(NCc2nc3ccn(C)c3cc2N2CCC(N)C2)c1C#N. The van der Waals surface area contributed by atoms with Gasteiger partial charge in [0.2, 0.25) is 5.95 Å². The summed E-state index contributed by atoms with van der Waals surface area (Å²) in [5.74, 6) is 0.558. The lowest BCUT2D eigenvalue weighted by Gasteiger charge is -2.22. The van der Waals surface area contributed by atoms with Crippen molar-refractivity contribution in [1.29, 1.82) is 5.26 Å². The van der Waals surface area contributed by atoms with E-state index in [1.54, 1.807) is 6.92 Å². The molecule has 1 aliphatic rings. The monoisotopic (exact) mass is 377 g/mol. The van der Waals surface area contributed by atoms with Crippen LogP contribution in [0.15, 0.2) is 18.3 Å². The highest BCUT2D eigenvalue weighted by Gasteiger charge is 2.23. The molecule has 3 aromatic heterocycles. The molecule has 0 aliphatic carbocycles. The van der Waals surface area contributed by atoms with Gasteiger partial charge in [-0.1, -0.05) is 0 Å². The Morgan fingerprint density at radius 3 is 2.89 bits per heavy atom. The van der Waals surface area contributed by atoms with Gasteiger partial charge in [-0.05, 0) is 25.5 Å². The fourth-order valence-electron chi connectivity index (χ4n) is 3.65. The smallest absolute Gasteiger partial charge is 0.222 e. The summed E-state index contributed by atoms with van der Waals surface area (Å²) in [5.41, 5.74) is 16.7. The Bertz CT molecular complexity index is 1080. The van der Waals surface area contributed by atoms with E-state index < -0.39 is 0 Å². The summed E-state index contributed by atoms with van der Waals surface area (Å²) in [4.78, 5) is 15.4. The van der Waals surface area contributed by atoms with Crippen LogP contribution in [-0.2, 0) is 13.6 Å². The maximum atomic E-state index is 9.44. The van der Waals surface area contributed by atoms with Crippen molar-refractivity contribution in [2.24, 2.45) is 12.8 Å². The summed E-state index contributed by atoms with van der Waals surface area (Å²) in [5, 5.41) is 12.7. The lowest BCUT2D eigenvalue weighted by molar-refractivity contribution is 0.752. The summed E-state index contributed by atoms with van der Waals surface area (Å²) < 4.78 is 2.06. The zero-order chi connectivity index (χ0) is 19.8. The van der Waals surface area contributed by atoms with Crippen molar-refractivity contribution in [3.8, 4) is 6.07 Å². The van der Waals surface area contributed by atoms with Gasteiger partial charge in [-0.25, -0.2) is 9.97 Å². The third-order valence-corrected chi connectivity index (χ3v) is 5.13. The molecule has 4 heterocycles. The highest BCUT2D eigenvalue weighted by Crippen LogP contribution is 2.28. The van der Waals surface area contributed by atoms with Gasteiger partial charge in [0.25, 0.3) is 0 Å². The van der Waals surface area contributed by atoms with Crippen LogP contribution in [0.3, 0.4) is 0 Å². The summed E-state index contributed by atoms with van der Waals surface area (Å²) in [6.45, 7) is 3.85. The average Bonchev–Trinajstić information content (AvgIpc) is 3.24. The molecule has 1 atom stereocenters. The average molecular weight is 377 g/mol. The quantitative estimate of drug-likeness (QED) is 0.619. The number of aryl methyl sites for hydroxylation is 2. The minimum atomic E-state index is 0.135. The van der Waals surface area contributed by atoms with Gasteiger partial charge in [-0.3, -0.25) is 0 Å². The molecule has 0 aromatic carbocycles. The first kappa shape index (κ1) is 18.0. The lowest BCUT2D eigenvalue weighted by Crippen LogP contribution is -2.27. The van der Waals surface area contributed by atoms with Crippen LogP contribution in [0.4, 0.5) is 17.5 Å². The number of rotatable bonds is 4. The number of fused-ring (bicyclic) bond motifs is 1. The third kappa shape index (κ3) is 3.18. The molecule has 1 fully saturated rings. The molecular formula is C19H23N9. The van der Waals surface area contributed by atoms with E-state index in [1.807, 2.05) is 19.3 Å². The van der Waals surface area contributed by atoms with Gasteiger partial charge in [0.1, 0.15) is 17.5 Å². The van der Waals surface area contributed by atoms with Gasteiger partial charge < -0.3 is 26.3 Å². The van der Waals surface area contributed by atoms with Crippen molar-refractivity contribution >= 4 is 28.5 Å². The van der Waals surface area contributed by atoms with E-state index in [1.165, 1.54) is 0 Å². The molecule has 0 saturated carbocycles. The number of pyridine rings is 1. The van der Waals surface area contributed by atoms with Crippen LogP contribution in [0.1, 0.15) is 23.4 Å². The predicted molar refractivity (Wildman–Crippen MR) is 109 cm³/mol.